The highest BCUT2D eigenvalue weighted by Gasteiger charge is 2.08. The van der Waals surface area contributed by atoms with Gasteiger partial charge in [-0.15, -0.1) is 0 Å². The number of para-hydroxylation sites is 1. The number of amides is 2. The number of rotatable bonds is 10. The Balaban J connectivity index is 1.58. The van der Waals surface area contributed by atoms with E-state index in [-0.39, 0.29) is 11.8 Å². The number of carbonyl (C=O) groups is 2. The molecule has 0 saturated heterocycles. The maximum Gasteiger partial charge on any atom is 0.271 e. The van der Waals surface area contributed by atoms with Crippen molar-refractivity contribution < 1.29 is 14.3 Å². The van der Waals surface area contributed by atoms with Crippen LogP contribution >= 0.6 is 11.6 Å². The lowest BCUT2D eigenvalue weighted by molar-refractivity contribution is -0.116. The van der Waals surface area contributed by atoms with Crippen LogP contribution in [0.4, 0.5) is 5.69 Å². The van der Waals surface area contributed by atoms with Gasteiger partial charge in [0.15, 0.2) is 0 Å². The van der Waals surface area contributed by atoms with Crippen molar-refractivity contribution in [2.45, 2.75) is 32.8 Å². The van der Waals surface area contributed by atoms with Crippen molar-refractivity contribution in [1.29, 1.82) is 0 Å². The van der Waals surface area contributed by atoms with E-state index in [1.165, 1.54) is 6.21 Å². The highest BCUT2D eigenvalue weighted by Crippen LogP contribution is 2.18. The topological polar surface area (TPSA) is 79.8 Å². The Morgan fingerprint density at radius 1 is 1.03 bits per heavy atom. The molecular weight excluding hydrogens is 438 g/mol. The first-order chi connectivity index (χ1) is 16.0. The van der Waals surface area contributed by atoms with Crippen LogP contribution in [0.2, 0.25) is 5.02 Å². The Morgan fingerprint density at radius 3 is 2.61 bits per heavy atom. The van der Waals surface area contributed by atoms with Crippen molar-refractivity contribution >= 4 is 35.3 Å². The molecule has 0 aliphatic heterocycles. The summed E-state index contributed by atoms with van der Waals surface area (Å²) < 4.78 is 5.90. The van der Waals surface area contributed by atoms with Crippen LogP contribution in [0.1, 0.15) is 47.7 Å². The van der Waals surface area contributed by atoms with Crippen LogP contribution in [-0.2, 0) is 11.4 Å². The first-order valence-electron chi connectivity index (χ1n) is 10.7. The molecule has 170 valence electrons. The average Bonchev–Trinajstić information content (AvgIpc) is 2.83. The van der Waals surface area contributed by atoms with E-state index < -0.39 is 0 Å². The normalized spacial score (nSPS) is 10.7. The van der Waals surface area contributed by atoms with Gasteiger partial charge in [0, 0.05) is 28.3 Å². The number of hydrogen-bond acceptors (Lipinski definition) is 4. The van der Waals surface area contributed by atoms with Gasteiger partial charge in [-0.2, -0.15) is 5.10 Å². The van der Waals surface area contributed by atoms with E-state index in [0.717, 1.165) is 24.0 Å². The number of hydrazone groups is 1. The van der Waals surface area contributed by atoms with Gasteiger partial charge in [0.2, 0.25) is 5.91 Å². The molecule has 0 aromatic heterocycles. The number of carbonyl (C=O) groups excluding carboxylic acids is 2. The van der Waals surface area contributed by atoms with E-state index in [4.69, 9.17) is 16.3 Å². The SMILES string of the molecule is CCCCC(=O)Nc1cccc(C(=O)N/N=C\c2ccccc2OCc2ccc(Cl)cc2)c1. The molecule has 3 aromatic carbocycles. The molecular formula is C26H26ClN3O3. The van der Waals surface area contributed by atoms with E-state index in [9.17, 15) is 9.59 Å². The van der Waals surface area contributed by atoms with Gasteiger partial charge in [0.25, 0.3) is 5.91 Å². The van der Waals surface area contributed by atoms with Crippen LogP contribution in [0.25, 0.3) is 0 Å². The summed E-state index contributed by atoms with van der Waals surface area (Å²) in [4.78, 5) is 24.4. The summed E-state index contributed by atoms with van der Waals surface area (Å²) in [5.74, 6) is 0.195. The second kappa shape index (κ2) is 12.4. The quantitative estimate of drug-likeness (QED) is 0.294. The molecule has 0 spiro atoms. The highest BCUT2D eigenvalue weighted by atomic mass is 35.5. The summed E-state index contributed by atoms with van der Waals surface area (Å²) in [6.45, 7) is 2.41. The molecule has 6 nitrogen and oxygen atoms in total. The summed E-state index contributed by atoms with van der Waals surface area (Å²) in [7, 11) is 0. The Kier molecular flexibility index (Phi) is 9.03. The van der Waals surface area contributed by atoms with Crippen LogP contribution < -0.4 is 15.5 Å². The Hall–Kier alpha value is -3.64. The Bertz CT molecular complexity index is 1110. The molecule has 0 fully saturated rings. The minimum absolute atomic E-state index is 0.0670. The lowest BCUT2D eigenvalue weighted by Gasteiger charge is -2.09. The number of nitrogens with zero attached hydrogens (tertiary/aromatic N) is 1. The number of halogens is 1. The van der Waals surface area contributed by atoms with Gasteiger partial charge in [0.1, 0.15) is 12.4 Å². The van der Waals surface area contributed by atoms with Crippen molar-refractivity contribution in [3.8, 4) is 5.75 Å². The van der Waals surface area contributed by atoms with Crippen LogP contribution in [0, 0.1) is 0 Å². The molecule has 7 heteroatoms. The molecule has 3 aromatic rings. The zero-order valence-electron chi connectivity index (χ0n) is 18.4. The summed E-state index contributed by atoms with van der Waals surface area (Å²) >= 11 is 5.92. The number of ether oxygens (including phenoxy) is 1. The number of hydrogen-bond donors (Lipinski definition) is 2. The van der Waals surface area contributed by atoms with Crippen LogP contribution in [0.3, 0.4) is 0 Å². The summed E-state index contributed by atoms with van der Waals surface area (Å²) in [6.07, 6.45) is 3.76. The molecule has 2 N–H and O–H groups in total. The van der Waals surface area contributed by atoms with Crippen LogP contribution in [0.15, 0.2) is 77.9 Å². The molecule has 0 atom stereocenters. The largest absolute Gasteiger partial charge is 0.488 e. The zero-order chi connectivity index (χ0) is 23.5. The second-order valence-electron chi connectivity index (χ2n) is 7.38. The molecule has 0 radical (unpaired) electrons. The third kappa shape index (κ3) is 7.77. The molecule has 0 saturated carbocycles. The molecule has 0 bridgehead atoms. The number of anilines is 1. The third-order valence-corrected chi connectivity index (χ3v) is 5.01. The van der Waals surface area contributed by atoms with Crippen molar-refractivity contribution in [3.05, 3.63) is 94.5 Å². The Labute approximate surface area is 198 Å². The van der Waals surface area contributed by atoms with E-state index >= 15 is 0 Å². The molecule has 3 rings (SSSR count). The van der Waals surface area contributed by atoms with Gasteiger partial charge in [-0.1, -0.05) is 55.3 Å². The predicted molar refractivity (Wildman–Crippen MR) is 132 cm³/mol. The minimum atomic E-state index is -0.379. The highest BCUT2D eigenvalue weighted by molar-refractivity contribution is 6.30. The molecule has 0 heterocycles. The fraction of sp³-hybridized carbons (Fsp3) is 0.192. The summed E-state index contributed by atoms with van der Waals surface area (Å²) in [5.41, 5.74) is 5.20. The van der Waals surface area contributed by atoms with Gasteiger partial charge in [-0.3, -0.25) is 9.59 Å². The molecule has 0 unspecified atom stereocenters. The first-order valence-corrected chi connectivity index (χ1v) is 11.1. The van der Waals surface area contributed by atoms with Gasteiger partial charge >= 0.3 is 0 Å². The molecule has 0 aliphatic carbocycles. The smallest absolute Gasteiger partial charge is 0.271 e. The molecule has 2 amide bonds. The second-order valence-corrected chi connectivity index (χ2v) is 7.82. The first kappa shape index (κ1) is 24.0. The van der Waals surface area contributed by atoms with Gasteiger partial charge in [-0.05, 0) is 54.4 Å². The Morgan fingerprint density at radius 2 is 1.82 bits per heavy atom. The van der Waals surface area contributed by atoms with Crippen molar-refractivity contribution in [1.82, 2.24) is 5.43 Å². The lowest BCUT2D eigenvalue weighted by Crippen LogP contribution is -2.18. The molecule has 33 heavy (non-hydrogen) atoms. The van der Waals surface area contributed by atoms with Crippen LogP contribution in [-0.4, -0.2) is 18.0 Å². The standard InChI is InChI=1S/C26H26ClN3O3/c1-2-3-11-25(31)29-23-9-6-8-20(16-23)26(32)30-28-17-21-7-4-5-10-24(21)33-18-19-12-14-22(27)15-13-19/h4-10,12-17H,2-3,11,18H2,1H3,(H,29,31)(H,30,32)/b28-17-. The predicted octanol–water partition coefficient (Wildman–Crippen LogP) is 5.81. The van der Waals surface area contributed by atoms with Crippen molar-refractivity contribution in [2.24, 2.45) is 5.10 Å². The van der Waals surface area contributed by atoms with Crippen LogP contribution in [0.5, 0.6) is 5.75 Å². The van der Waals surface area contributed by atoms with Crippen molar-refractivity contribution in [3.63, 3.8) is 0 Å². The monoisotopic (exact) mass is 463 g/mol. The summed E-state index contributed by atoms with van der Waals surface area (Å²) in [5, 5.41) is 7.55. The zero-order valence-corrected chi connectivity index (χ0v) is 19.1. The molecule has 0 aliphatic rings. The van der Waals surface area contributed by atoms with Gasteiger partial charge < -0.3 is 10.1 Å². The van der Waals surface area contributed by atoms with Gasteiger partial charge in [-0.25, -0.2) is 5.43 Å². The van der Waals surface area contributed by atoms with E-state index in [1.807, 2.05) is 55.5 Å². The van der Waals surface area contributed by atoms with Gasteiger partial charge in [0.05, 0.1) is 6.21 Å². The number of benzene rings is 3. The van der Waals surface area contributed by atoms with E-state index in [0.29, 0.717) is 35.1 Å². The maximum atomic E-state index is 12.5. The maximum absolute atomic E-state index is 12.5. The van der Waals surface area contributed by atoms with E-state index in [2.05, 4.69) is 15.8 Å². The average molecular weight is 464 g/mol. The number of nitrogens with one attached hydrogen (secondary N) is 2. The fourth-order valence-electron chi connectivity index (χ4n) is 2.98. The summed E-state index contributed by atoms with van der Waals surface area (Å²) in [6, 6.07) is 21.6. The fourth-order valence-corrected chi connectivity index (χ4v) is 3.11. The lowest BCUT2D eigenvalue weighted by atomic mass is 10.2. The third-order valence-electron chi connectivity index (χ3n) is 4.76. The number of unbranched alkanes of at least 4 members (excludes halogenated alkanes) is 1. The minimum Gasteiger partial charge on any atom is -0.488 e. The van der Waals surface area contributed by atoms with E-state index in [1.54, 1.807) is 24.3 Å². The van der Waals surface area contributed by atoms with Crippen molar-refractivity contribution in [2.75, 3.05) is 5.32 Å².